The molecule has 0 aliphatic heterocycles. The number of hydrogen-bond donors (Lipinski definition) is 2. The minimum atomic E-state index is -0.264. The zero-order valence-corrected chi connectivity index (χ0v) is 26.0. The predicted octanol–water partition coefficient (Wildman–Crippen LogP) is 7.24. The Morgan fingerprint density at radius 1 is 0.975 bits per heavy atom. The van der Waals surface area contributed by atoms with Gasteiger partial charge in [0.25, 0.3) is 5.91 Å². The van der Waals surface area contributed by atoms with Crippen LogP contribution in [0.5, 0.6) is 5.75 Å². The molecule has 0 aliphatic rings. The van der Waals surface area contributed by atoms with E-state index in [9.17, 15) is 9.90 Å². The molecule has 7 nitrogen and oxygen atoms in total. The summed E-state index contributed by atoms with van der Waals surface area (Å²) in [5.74, 6) is 0.845. The summed E-state index contributed by atoms with van der Waals surface area (Å²) in [6.45, 7) is 12.4. The number of amides is 1. The minimum absolute atomic E-state index is 0.110. The van der Waals surface area contributed by atoms with Crippen LogP contribution in [0.1, 0.15) is 58.2 Å². The largest absolute Gasteiger partial charge is 0.507 e. The van der Waals surface area contributed by atoms with Crippen molar-refractivity contribution in [1.82, 2.24) is 20.2 Å². The number of thioether (sulfide) groups is 1. The highest BCUT2D eigenvalue weighted by molar-refractivity contribution is 9.10. The van der Waals surface area contributed by atoms with Crippen LogP contribution in [0.4, 0.5) is 0 Å². The fraction of sp³-hybridized carbons (Fsp3) is 0.290. The van der Waals surface area contributed by atoms with Crippen LogP contribution in [0.3, 0.4) is 0 Å². The van der Waals surface area contributed by atoms with Gasteiger partial charge in [0, 0.05) is 26.9 Å². The number of phenolic OH excluding ortho intramolecular Hbond substituents is 1. The van der Waals surface area contributed by atoms with E-state index >= 15 is 0 Å². The molecular weight excluding hydrogens is 586 g/mol. The predicted molar refractivity (Wildman–Crippen MR) is 166 cm³/mol. The van der Waals surface area contributed by atoms with Crippen LogP contribution < -0.4 is 5.43 Å². The molecule has 0 spiro atoms. The third-order valence-electron chi connectivity index (χ3n) is 6.23. The van der Waals surface area contributed by atoms with Crippen molar-refractivity contribution in [2.75, 3.05) is 5.75 Å². The fourth-order valence-corrected chi connectivity index (χ4v) is 5.18. The molecule has 3 aromatic carbocycles. The third kappa shape index (κ3) is 7.01. The minimum Gasteiger partial charge on any atom is -0.507 e. The molecule has 0 atom stereocenters. The first-order valence-electron chi connectivity index (χ1n) is 12.9. The lowest BCUT2D eigenvalue weighted by Gasteiger charge is -2.27. The Morgan fingerprint density at radius 3 is 2.15 bits per heavy atom. The molecule has 1 heterocycles. The Morgan fingerprint density at radius 2 is 1.57 bits per heavy atom. The second-order valence-electron chi connectivity index (χ2n) is 11.5. The number of para-hydroxylation sites is 1. The molecule has 0 bridgehead atoms. The fourth-order valence-electron chi connectivity index (χ4n) is 4.18. The van der Waals surface area contributed by atoms with Crippen molar-refractivity contribution in [3.05, 3.63) is 87.9 Å². The van der Waals surface area contributed by atoms with Crippen molar-refractivity contribution in [2.45, 2.75) is 57.5 Å². The lowest BCUT2D eigenvalue weighted by molar-refractivity contribution is -0.118. The molecule has 0 unspecified atom stereocenters. The summed E-state index contributed by atoms with van der Waals surface area (Å²) in [5, 5.41) is 24.6. The van der Waals surface area contributed by atoms with Gasteiger partial charge in [-0.25, -0.2) is 5.43 Å². The van der Waals surface area contributed by atoms with Crippen molar-refractivity contribution >= 4 is 39.8 Å². The van der Waals surface area contributed by atoms with Gasteiger partial charge in [-0.1, -0.05) is 99.6 Å². The molecule has 4 aromatic rings. The standard InChI is InChI=1S/C31H34BrN5O2S/c1-30(2,3)24-16-20(17-25(27(24)39)31(4,5)6)18-33-34-26(38)19-40-29-36-35-28(21-12-14-22(32)15-13-21)37(29)23-10-8-7-9-11-23/h7-18,39H,19H2,1-6H3,(H,34,38)/b33-18+. The van der Waals surface area contributed by atoms with Crippen LogP contribution in [0.25, 0.3) is 17.1 Å². The van der Waals surface area contributed by atoms with Gasteiger partial charge in [-0.15, -0.1) is 10.2 Å². The number of phenols is 1. The first kappa shape index (κ1) is 29.6. The lowest BCUT2D eigenvalue weighted by Crippen LogP contribution is -2.20. The molecule has 1 amide bonds. The number of benzene rings is 3. The van der Waals surface area contributed by atoms with Gasteiger partial charge in [-0.3, -0.25) is 9.36 Å². The first-order chi connectivity index (χ1) is 18.8. The van der Waals surface area contributed by atoms with Gasteiger partial charge < -0.3 is 5.11 Å². The number of hydrogen-bond acceptors (Lipinski definition) is 6. The van der Waals surface area contributed by atoms with Gasteiger partial charge in [-0.2, -0.15) is 5.10 Å². The maximum atomic E-state index is 12.7. The molecular formula is C31H34BrN5O2S. The quantitative estimate of drug-likeness (QED) is 0.129. The Kier molecular flexibility index (Phi) is 8.85. The van der Waals surface area contributed by atoms with Crippen LogP contribution in [0.15, 0.2) is 81.5 Å². The first-order valence-corrected chi connectivity index (χ1v) is 14.7. The van der Waals surface area contributed by atoms with E-state index in [1.54, 1.807) is 6.21 Å². The zero-order chi connectivity index (χ0) is 29.1. The van der Waals surface area contributed by atoms with Gasteiger partial charge in [-0.05, 0) is 52.8 Å². The number of halogens is 1. The maximum Gasteiger partial charge on any atom is 0.250 e. The average Bonchev–Trinajstić information content (AvgIpc) is 3.32. The van der Waals surface area contributed by atoms with E-state index in [0.29, 0.717) is 16.7 Å². The van der Waals surface area contributed by atoms with Crippen molar-refractivity contribution < 1.29 is 9.90 Å². The van der Waals surface area contributed by atoms with E-state index in [1.807, 2.05) is 71.3 Å². The Balaban J connectivity index is 1.51. The third-order valence-corrected chi connectivity index (χ3v) is 7.69. The average molecular weight is 621 g/mol. The number of aromatic nitrogens is 3. The van der Waals surface area contributed by atoms with E-state index < -0.39 is 0 Å². The lowest BCUT2D eigenvalue weighted by atomic mass is 9.78. The van der Waals surface area contributed by atoms with Gasteiger partial charge in [0.2, 0.25) is 0 Å². The van der Waals surface area contributed by atoms with E-state index in [0.717, 1.165) is 32.4 Å². The Hall–Kier alpha value is -3.43. The van der Waals surface area contributed by atoms with E-state index in [1.165, 1.54) is 11.8 Å². The molecule has 9 heteroatoms. The smallest absolute Gasteiger partial charge is 0.250 e. The van der Waals surface area contributed by atoms with Gasteiger partial charge >= 0.3 is 0 Å². The zero-order valence-electron chi connectivity index (χ0n) is 23.6. The highest BCUT2D eigenvalue weighted by Gasteiger charge is 2.26. The topological polar surface area (TPSA) is 92.4 Å². The molecule has 0 radical (unpaired) electrons. The summed E-state index contributed by atoms with van der Waals surface area (Å²) < 4.78 is 2.92. The summed E-state index contributed by atoms with van der Waals surface area (Å²) in [7, 11) is 0. The number of carbonyl (C=O) groups excluding carboxylic acids is 1. The molecule has 0 fully saturated rings. The highest BCUT2D eigenvalue weighted by atomic mass is 79.9. The highest BCUT2D eigenvalue weighted by Crippen LogP contribution is 2.39. The van der Waals surface area contributed by atoms with Crippen molar-refractivity contribution in [2.24, 2.45) is 5.10 Å². The van der Waals surface area contributed by atoms with E-state index in [-0.39, 0.29) is 22.5 Å². The molecule has 208 valence electrons. The maximum absolute atomic E-state index is 12.7. The molecule has 1 aromatic heterocycles. The number of carbonyl (C=O) groups is 1. The summed E-state index contributed by atoms with van der Waals surface area (Å²) in [6, 6.07) is 21.5. The van der Waals surface area contributed by atoms with Crippen molar-refractivity contribution in [3.8, 4) is 22.8 Å². The molecule has 0 saturated carbocycles. The molecule has 4 rings (SSSR count). The number of hydrazone groups is 1. The summed E-state index contributed by atoms with van der Waals surface area (Å²) in [5.41, 5.74) is 6.42. The summed E-state index contributed by atoms with van der Waals surface area (Å²) in [4.78, 5) is 12.7. The second kappa shape index (κ2) is 12.0. The van der Waals surface area contributed by atoms with Crippen LogP contribution in [-0.4, -0.2) is 37.7 Å². The van der Waals surface area contributed by atoms with Crippen molar-refractivity contribution in [1.29, 1.82) is 0 Å². The van der Waals surface area contributed by atoms with E-state index in [2.05, 4.69) is 78.2 Å². The van der Waals surface area contributed by atoms with Gasteiger partial charge in [0.05, 0.1) is 12.0 Å². The number of nitrogens with zero attached hydrogens (tertiary/aromatic N) is 4. The van der Waals surface area contributed by atoms with Crippen LogP contribution in [0, 0.1) is 0 Å². The van der Waals surface area contributed by atoms with Crippen LogP contribution in [0.2, 0.25) is 0 Å². The van der Waals surface area contributed by atoms with Crippen LogP contribution in [-0.2, 0) is 15.6 Å². The van der Waals surface area contributed by atoms with Crippen LogP contribution >= 0.6 is 27.7 Å². The number of aromatic hydroxyl groups is 1. The summed E-state index contributed by atoms with van der Waals surface area (Å²) >= 11 is 4.77. The van der Waals surface area contributed by atoms with E-state index in [4.69, 9.17) is 0 Å². The Labute approximate surface area is 248 Å². The number of rotatable bonds is 7. The molecule has 0 saturated heterocycles. The molecule has 2 N–H and O–H groups in total. The number of nitrogens with one attached hydrogen (secondary N) is 1. The normalized spacial score (nSPS) is 12.2. The SMILES string of the molecule is CC(C)(C)c1cc(/C=N/NC(=O)CSc2nnc(-c3ccc(Br)cc3)n2-c2ccccc2)cc(C(C)(C)C)c1O. The monoisotopic (exact) mass is 619 g/mol. The van der Waals surface area contributed by atoms with Gasteiger partial charge in [0.15, 0.2) is 11.0 Å². The van der Waals surface area contributed by atoms with Crippen molar-refractivity contribution in [3.63, 3.8) is 0 Å². The Bertz CT molecular complexity index is 1480. The van der Waals surface area contributed by atoms with Gasteiger partial charge in [0.1, 0.15) is 5.75 Å². The molecule has 40 heavy (non-hydrogen) atoms. The summed E-state index contributed by atoms with van der Waals surface area (Å²) in [6.07, 6.45) is 1.62. The second-order valence-corrected chi connectivity index (χ2v) is 13.4. The molecule has 0 aliphatic carbocycles.